The van der Waals surface area contributed by atoms with Crippen LogP contribution in [0.5, 0.6) is 0 Å². The van der Waals surface area contributed by atoms with Crippen LogP contribution in [0.15, 0.2) is 55.1 Å². The molecule has 1 aromatic carbocycles. The van der Waals surface area contributed by atoms with Gasteiger partial charge in [0, 0.05) is 46.1 Å². The lowest BCUT2D eigenvalue weighted by Crippen LogP contribution is -2.29. The molecule has 4 heterocycles. The van der Waals surface area contributed by atoms with Crippen LogP contribution in [0.4, 0.5) is 5.82 Å². The molecule has 0 atom stereocenters. The topological polar surface area (TPSA) is 105 Å². The normalized spacial score (nSPS) is 13.3. The number of nitrogens with one attached hydrogen (secondary N) is 1. The Kier molecular flexibility index (Phi) is 9.03. The molecule has 4 aromatic rings. The highest BCUT2D eigenvalue weighted by molar-refractivity contribution is 5.91. The van der Waals surface area contributed by atoms with Crippen molar-refractivity contribution in [3.8, 4) is 28.5 Å². The van der Waals surface area contributed by atoms with Crippen molar-refractivity contribution < 1.29 is 0 Å². The number of pyridine rings is 2. The summed E-state index contributed by atoms with van der Waals surface area (Å²) >= 11 is 0. The molecular weight excluding hydrogens is 481 g/mol. The third-order valence-electron chi connectivity index (χ3n) is 5.70. The number of nitrogen functional groups attached to an aromatic ring is 1. The van der Waals surface area contributed by atoms with E-state index in [0.29, 0.717) is 23.1 Å². The number of anilines is 1. The number of benzene rings is 1. The van der Waals surface area contributed by atoms with Gasteiger partial charge in [-0.15, -0.1) is 37.2 Å². The molecule has 0 aliphatic carbocycles. The van der Waals surface area contributed by atoms with Gasteiger partial charge in [-0.05, 0) is 44.1 Å². The van der Waals surface area contributed by atoms with Crippen LogP contribution in [0.1, 0.15) is 24.4 Å². The largest absolute Gasteiger partial charge is 0.383 e. The van der Waals surface area contributed by atoms with Crippen LogP contribution in [-0.2, 0) is 0 Å². The Hall–Kier alpha value is -2.89. The lowest BCUT2D eigenvalue weighted by Gasteiger charge is -2.22. The first-order valence-corrected chi connectivity index (χ1v) is 10.0. The summed E-state index contributed by atoms with van der Waals surface area (Å²) < 4.78 is 2.06. The minimum Gasteiger partial charge on any atom is -0.383 e. The quantitative estimate of drug-likeness (QED) is 0.415. The number of rotatable bonds is 3. The summed E-state index contributed by atoms with van der Waals surface area (Å²) in [6.07, 6.45) is 9.65. The van der Waals surface area contributed by atoms with Gasteiger partial charge in [0.15, 0.2) is 0 Å². The molecule has 3 N–H and O–H groups in total. The number of halogens is 3. The van der Waals surface area contributed by atoms with Crippen LogP contribution in [0.25, 0.3) is 33.2 Å². The fraction of sp³-hybridized carbons (Fsp3) is 0.217. The molecule has 1 fully saturated rings. The number of fused-ring (bicyclic) bond motifs is 1. The van der Waals surface area contributed by atoms with E-state index in [4.69, 9.17) is 5.73 Å². The number of piperidine rings is 1. The SMILES string of the molecule is Cl.Cl.Cl.N#Cc1cccc2cnc(-c3cc(-c4cnn(C5CCNCC5)c4)cnc3N)cc12. The molecule has 0 bridgehead atoms. The Morgan fingerprint density at radius 1 is 1.00 bits per heavy atom. The van der Waals surface area contributed by atoms with E-state index < -0.39 is 0 Å². The summed E-state index contributed by atoms with van der Waals surface area (Å²) in [7, 11) is 0. The number of hydrogen-bond acceptors (Lipinski definition) is 6. The summed E-state index contributed by atoms with van der Waals surface area (Å²) in [4.78, 5) is 8.97. The Bertz CT molecular complexity index is 1280. The smallest absolute Gasteiger partial charge is 0.132 e. The van der Waals surface area contributed by atoms with Crippen molar-refractivity contribution in [2.45, 2.75) is 18.9 Å². The second-order valence-corrected chi connectivity index (χ2v) is 7.56. The van der Waals surface area contributed by atoms with Gasteiger partial charge in [-0.2, -0.15) is 10.4 Å². The number of aromatic nitrogens is 4. The monoisotopic (exact) mass is 503 g/mol. The van der Waals surface area contributed by atoms with E-state index in [1.54, 1.807) is 18.5 Å². The van der Waals surface area contributed by atoms with E-state index in [2.05, 4.69) is 37.3 Å². The highest BCUT2D eigenvalue weighted by Crippen LogP contribution is 2.31. The first-order valence-electron chi connectivity index (χ1n) is 10.0. The fourth-order valence-electron chi connectivity index (χ4n) is 4.01. The van der Waals surface area contributed by atoms with Crippen molar-refractivity contribution >= 4 is 53.8 Å². The van der Waals surface area contributed by atoms with Crippen LogP contribution < -0.4 is 11.1 Å². The Morgan fingerprint density at radius 2 is 1.79 bits per heavy atom. The van der Waals surface area contributed by atoms with E-state index in [-0.39, 0.29) is 37.2 Å². The van der Waals surface area contributed by atoms with Crippen molar-refractivity contribution in [3.05, 3.63) is 60.7 Å². The predicted molar refractivity (Wildman–Crippen MR) is 138 cm³/mol. The molecule has 0 amide bonds. The van der Waals surface area contributed by atoms with Crippen molar-refractivity contribution in [3.63, 3.8) is 0 Å². The van der Waals surface area contributed by atoms with Gasteiger partial charge in [-0.3, -0.25) is 9.67 Å². The van der Waals surface area contributed by atoms with E-state index in [1.165, 1.54) is 0 Å². The van der Waals surface area contributed by atoms with Gasteiger partial charge in [0.05, 0.1) is 29.6 Å². The molecule has 0 spiro atoms. The second kappa shape index (κ2) is 11.3. The molecule has 7 nitrogen and oxygen atoms in total. The van der Waals surface area contributed by atoms with Crippen LogP contribution in [0.2, 0.25) is 0 Å². The van der Waals surface area contributed by atoms with Crippen LogP contribution in [-0.4, -0.2) is 32.8 Å². The van der Waals surface area contributed by atoms with Crippen molar-refractivity contribution in [1.29, 1.82) is 5.26 Å². The lowest BCUT2D eigenvalue weighted by atomic mass is 10.0. The maximum absolute atomic E-state index is 9.43. The van der Waals surface area contributed by atoms with Crippen LogP contribution >= 0.6 is 37.2 Å². The molecule has 0 unspecified atom stereocenters. The standard InChI is InChI=1S/C23H21N7.3ClH/c24-10-15-2-1-3-16-11-27-22(9-20(15)16)21-8-17(12-28-23(21)25)18-13-29-30(14-18)19-4-6-26-7-5-19;;;/h1-3,8-9,11-14,19,26H,4-7H2,(H2,25,28);3*1H. The average molecular weight is 505 g/mol. The minimum absolute atomic E-state index is 0. The van der Waals surface area contributed by atoms with Gasteiger partial charge in [0.25, 0.3) is 0 Å². The van der Waals surface area contributed by atoms with E-state index in [1.807, 2.05) is 30.5 Å². The number of nitrogens with zero attached hydrogens (tertiary/aromatic N) is 5. The maximum atomic E-state index is 9.43. The fourth-order valence-corrected chi connectivity index (χ4v) is 4.01. The number of nitriles is 1. The molecule has 172 valence electrons. The van der Waals surface area contributed by atoms with Crippen LogP contribution in [0.3, 0.4) is 0 Å². The highest BCUT2D eigenvalue weighted by Gasteiger charge is 2.17. The zero-order chi connectivity index (χ0) is 20.5. The molecule has 0 radical (unpaired) electrons. The van der Waals surface area contributed by atoms with Gasteiger partial charge in [-0.1, -0.05) is 12.1 Å². The van der Waals surface area contributed by atoms with Gasteiger partial charge >= 0.3 is 0 Å². The summed E-state index contributed by atoms with van der Waals surface area (Å²) in [5.41, 5.74) is 10.2. The van der Waals surface area contributed by atoms with Crippen molar-refractivity contribution in [1.82, 2.24) is 25.1 Å². The molecule has 33 heavy (non-hydrogen) atoms. The van der Waals surface area contributed by atoms with E-state index >= 15 is 0 Å². The highest BCUT2D eigenvalue weighted by atomic mass is 35.5. The molecular formula is C23H24Cl3N7. The molecule has 1 saturated heterocycles. The molecule has 5 rings (SSSR count). The summed E-state index contributed by atoms with van der Waals surface area (Å²) in [5.74, 6) is 0.408. The number of hydrogen-bond donors (Lipinski definition) is 2. The lowest BCUT2D eigenvalue weighted by molar-refractivity contribution is 0.343. The summed E-state index contributed by atoms with van der Waals surface area (Å²) in [5, 5.41) is 19.2. The summed E-state index contributed by atoms with van der Waals surface area (Å²) in [6.45, 7) is 2.04. The van der Waals surface area contributed by atoms with Crippen LogP contribution in [0, 0.1) is 11.3 Å². The van der Waals surface area contributed by atoms with Crippen molar-refractivity contribution in [2.75, 3.05) is 18.8 Å². The van der Waals surface area contributed by atoms with Gasteiger partial charge in [0.2, 0.25) is 0 Å². The second-order valence-electron chi connectivity index (χ2n) is 7.56. The Balaban J connectivity index is 0.00000128. The van der Waals surface area contributed by atoms with Gasteiger partial charge in [0.1, 0.15) is 5.82 Å². The van der Waals surface area contributed by atoms with E-state index in [9.17, 15) is 5.26 Å². The maximum Gasteiger partial charge on any atom is 0.132 e. The average Bonchev–Trinajstić information content (AvgIpc) is 3.29. The minimum atomic E-state index is 0. The Labute approximate surface area is 210 Å². The first-order chi connectivity index (χ1) is 14.7. The summed E-state index contributed by atoms with van der Waals surface area (Å²) in [6, 6.07) is 12.2. The third-order valence-corrected chi connectivity index (χ3v) is 5.70. The molecule has 3 aromatic heterocycles. The van der Waals surface area contributed by atoms with E-state index in [0.717, 1.165) is 53.4 Å². The Morgan fingerprint density at radius 3 is 2.55 bits per heavy atom. The molecule has 1 aliphatic rings. The first kappa shape index (κ1) is 26.4. The zero-order valence-corrected chi connectivity index (χ0v) is 20.1. The van der Waals surface area contributed by atoms with Crippen molar-refractivity contribution in [2.24, 2.45) is 0 Å². The van der Waals surface area contributed by atoms with Gasteiger partial charge < -0.3 is 11.1 Å². The molecule has 0 saturated carbocycles. The third kappa shape index (κ3) is 5.21. The van der Waals surface area contributed by atoms with Gasteiger partial charge in [-0.25, -0.2) is 4.98 Å². The molecule has 10 heteroatoms. The number of nitrogens with two attached hydrogens (primary N) is 1. The zero-order valence-electron chi connectivity index (χ0n) is 17.6. The predicted octanol–water partition coefficient (Wildman–Crippen LogP) is 4.80. The molecule has 1 aliphatic heterocycles.